The Kier molecular flexibility index (Phi) is 6.44. The van der Waals surface area contributed by atoms with E-state index in [1.807, 2.05) is 18.2 Å². The summed E-state index contributed by atoms with van der Waals surface area (Å²) < 4.78 is 5.24. The van der Waals surface area contributed by atoms with E-state index >= 15 is 0 Å². The van der Waals surface area contributed by atoms with E-state index in [1.54, 1.807) is 7.11 Å². The van der Waals surface area contributed by atoms with E-state index in [0.717, 1.165) is 35.4 Å². The fourth-order valence-electron chi connectivity index (χ4n) is 4.33. The highest BCUT2D eigenvalue weighted by molar-refractivity contribution is 5.80. The fraction of sp³-hybridized carbons (Fsp3) is 0.400. The van der Waals surface area contributed by atoms with Gasteiger partial charge in [-0.2, -0.15) is 0 Å². The molecule has 168 valence electrons. The van der Waals surface area contributed by atoms with Crippen LogP contribution in [-0.2, 0) is 22.4 Å². The van der Waals surface area contributed by atoms with Crippen molar-refractivity contribution in [1.82, 2.24) is 20.6 Å². The van der Waals surface area contributed by atoms with E-state index < -0.39 is 0 Å². The molecule has 1 aliphatic rings. The minimum atomic E-state index is -0.346. The maximum Gasteiger partial charge on any atom is 0.220 e. The average Bonchev–Trinajstić information content (AvgIpc) is 3.36. The summed E-state index contributed by atoms with van der Waals surface area (Å²) in [5.74, 6) is 1.67. The molecule has 1 saturated heterocycles. The standard InChI is InChI=1S/C25H30N4O3/c1-17-3-5-18(6-4-17)16-25(13-10-24(31)29-25)12-9-23(30)26-14-11-22-27-20-8-7-19(32-2)15-21(20)28-22/h3-8,15H,9-14,16H2,1-2H3,(H,26,30)(H,27,28)(H,29,31)/t25-/m0/s1. The average molecular weight is 435 g/mol. The number of H-pyrrole nitrogens is 1. The van der Waals surface area contributed by atoms with Gasteiger partial charge in [0.1, 0.15) is 11.6 Å². The first-order chi connectivity index (χ1) is 15.4. The van der Waals surface area contributed by atoms with E-state index in [0.29, 0.717) is 32.2 Å². The van der Waals surface area contributed by atoms with Crippen molar-refractivity contribution >= 4 is 22.8 Å². The number of imidazole rings is 1. The van der Waals surface area contributed by atoms with E-state index in [4.69, 9.17) is 4.74 Å². The number of methoxy groups -OCH3 is 1. The summed E-state index contributed by atoms with van der Waals surface area (Å²) in [5.41, 5.74) is 3.84. The Balaban J connectivity index is 1.29. The van der Waals surface area contributed by atoms with E-state index in [1.165, 1.54) is 11.1 Å². The Morgan fingerprint density at radius 3 is 2.75 bits per heavy atom. The van der Waals surface area contributed by atoms with Crippen molar-refractivity contribution < 1.29 is 14.3 Å². The lowest BCUT2D eigenvalue weighted by molar-refractivity contribution is -0.122. The van der Waals surface area contributed by atoms with E-state index in [2.05, 4.69) is 51.8 Å². The molecule has 2 aromatic carbocycles. The van der Waals surface area contributed by atoms with Crippen molar-refractivity contribution in [3.8, 4) is 5.75 Å². The van der Waals surface area contributed by atoms with Gasteiger partial charge in [-0.15, -0.1) is 0 Å². The molecule has 7 heteroatoms. The number of aryl methyl sites for hydroxylation is 1. The van der Waals surface area contributed by atoms with Gasteiger partial charge < -0.3 is 20.4 Å². The van der Waals surface area contributed by atoms with Crippen molar-refractivity contribution in [2.24, 2.45) is 0 Å². The minimum absolute atomic E-state index is 0.00721. The molecule has 2 heterocycles. The highest BCUT2D eigenvalue weighted by atomic mass is 16.5. The number of rotatable bonds is 9. The number of amides is 2. The van der Waals surface area contributed by atoms with Gasteiger partial charge in [0, 0.05) is 37.4 Å². The van der Waals surface area contributed by atoms with Gasteiger partial charge in [0.05, 0.1) is 18.1 Å². The topological polar surface area (TPSA) is 96.1 Å². The number of nitrogens with zero attached hydrogens (tertiary/aromatic N) is 1. The Morgan fingerprint density at radius 2 is 2.03 bits per heavy atom. The molecule has 2 amide bonds. The summed E-state index contributed by atoms with van der Waals surface area (Å²) in [4.78, 5) is 32.3. The van der Waals surface area contributed by atoms with Crippen molar-refractivity contribution in [1.29, 1.82) is 0 Å². The number of ether oxygens (including phenoxy) is 1. The molecule has 7 nitrogen and oxygen atoms in total. The summed E-state index contributed by atoms with van der Waals surface area (Å²) in [6.07, 6.45) is 3.65. The van der Waals surface area contributed by atoms with Crippen LogP contribution in [0.25, 0.3) is 11.0 Å². The molecule has 0 bridgehead atoms. The molecule has 4 rings (SSSR count). The normalized spacial score (nSPS) is 18.0. The highest BCUT2D eigenvalue weighted by Crippen LogP contribution is 2.29. The van der Waals surface area contributed by atoms with Gasteiger partial charge in [0.25, 0.3) is 0 Å². The Bertz CT molecular complexity index is 1110. The predicted octanol–water partition coefficient (Wildman–Crippen LogP) is 3.21. The molecular formula is C25H30N4O3. The van der Waals surface area contributed by atoms with Gasteiger partial charge in [0.15, 0.2) is 0 Å². The highest BCUT2D eigenvalue weighted by Gasteiger charge is 2.37. The number of hydrogen-bond donors (Lipinski definition) is 3. The number of benzene rings is 2. The van der Waals surface area contributed by atoms with Crippen molar-refractivity contribution in [2.45, 2.75) is 51.0 Å². The molecule has 3 N–H and O–H groups in total. The number of aromatic nitrogens is 2. The van der Waals surface area contributed by atoms with Crippen LogP contribution in [0.2, 0.25) is 0 Å². The van der Waals surface area contributed by atoms with E-state index in [9.17, 15) is 9.59 Å². The number of carbonyl (C=O) groups excluding carboxylic acids is 2. The SMILES string of the molecule is COc1ccc2nc(CCNC(=O)CC[C@@]3(Cc4ccc(C)cc4)CCC(=O)N3)[nH]c2c1. The first-order valence-corrected chi connectivity index (χ1v) is 11.1. The molecule has 32 heavy (non-hydrogen) atoms. The monoisotopic (exact) mass is 434 g/mol. The van der Waals surface area contributed by atoms with Crippen LogP contribution in [0.1, 0.15) is 42.6 Å². The number of fused-ring (bicyclic) bond motifs is 1. The summed E-state index contributed by atoms with van der Waals surface area (Å²) >= 11 is 0. The zero-order chi connectivity index (χ0) is 22.6. The number of hydrogen-bond acceptors (Lipinski definition) is 4. The second-order valence-electron chi connectivity index (χ2n) is 8.66. The molecule has 3 aromatic rings. The van der Waals surface area contributed by atoms with Gasteiger partial charge in [0.2, 0.25) is 11.8 Å². The third kappa shape index (κ3) is 5.28. The summed E-state index contributed by atoms with van der Waals surface area (Å²) in [5, 5.41) is 6.13. The van der Waals surface area contributed by atoms with Crippen molar-refractivity contribution in [2.75, 3.05) is 13.7 Å². The minimum Gasteiger partial charge on any atom is -0.497 e. The van der Waals surface area contributed by atoms with Crippen molar-refractivity contribution in [3.63, 3.8) is 0 Å². The maximum absolute atomic E-state index is 12.5. The Hall–Kier alpha value is -3.35. The Morgan fingerprint density at radius 1 is 1.22 bits per heavy atom. The largest absolute Gasteiger partial charge is 0.497 e. The van der Waals surface area contributed by atoms with Crippen LogP contribution in [0.15, 0.2) is 42.5 Å². The van der Waals surface area contributed by atoms with E-state index in [-0.39, 0.29) is 17.4 Å². The van der Waals surface area contributed by atoms with Crippen molar-refractivity contribution in [3.05, 3.63) is 59.4 Å². The number of nitrogens with one attached hydrogen (secondary N) is 3. The smallest absolute Gasteiger partial charge is 0.220 e. The molecule has 1 atom stereocenters. The maximum atomic E-state index is 12.5. The lowest BCUT2D eigenvalue weighted by Crippen LogP contribution is -2.44. The first kappa shape index (κ1) is 21.9. The van der Waals surface area contributed by atoms with Gasteiger partial charge in [-0.1, -0.05) is 29.8 Å². The van der Waals surface area contributed by atoms with Crippen LogP contribution in [0.4, 0.5) is 0 Å². The summed E-state index contributed by atoms with van der Waals surface area (Å²) in [7, 11) is 1.63. The molecule has 0 radical (unpaired) electrons. The summed E-state index contributed by atoms with van der Waals surface area (Å²) in [6, 6.07) is 14.1. The van der Waals surface area contributed by atoms with Crippen LogP contribution in [0, 0.1) is 6.92 Å². The van der Waals surface area contributed by atoms with Gasteiger partial charge in [-0.3, -0.25) is 9.59 Å². The quantitative estimate of drug-likeness (QED) is 0.482. The number of carbonyl (C=O) groups is 2. The Labute approximate surface area is 188 Å². The van der Waals surface area contributed by atoms with Crippen LogP contribution in [-0.4, -0.2) is 41.0 Å². The number of aromatic amines is 1. The lowest BCUT2D eigenvalue weighted by atomic mass is 9.84. The molecule has 1 aliphatic heterocycles. The van der Waals surface area contributed by atoms with Crippen LogP contribution in [0.3, 0.4) is 0 Å². The molecular weight excluding hydrogens is 404 g/mol. The van der Waals surface area contributed by atoms with Crippen LogP contribution < -0.4 is 15.4 Å². The molecule has 1 aromatic heterocycles. The van der Waals surface area contributed by atoms with Crippen LogP contribution >= 0.6 is 0 Å². The predicted molar refractivity (Wildman–Crippen MR) is 124 cm³/mol. The zero-order valence-corrected chi connectivity index (χ0v) is 18.7. The fourth-order valence-corrected chi connectivity index (χ4v) is 4.33. The lowest BCUT2D eigenvalue weighted by Gasteiger charge is -2.29. The third-order valence-electron chi connectivity index (χ3n) is 6.15. The molecule has 1 fully saturated rings. The molecule has 0 saturated carbocycles. The summed E-state index contributed by atoms with van der Waals surface area (Å²) in [6.45, 7) is 2.57. The first-order valence-electron chi connectivity index (χ1n) is 11.1. The van der Waals surface area contributed by atoms with Gasteiger partial charge in [-0.05, 0) is 43.9 Å². The third-order valence-corrected chi connectivity index (χ3v) is 6.15. The molecule has 0 unspecified atom stereocenters. The van der Waals surface area contributed by atoms with Crippen LogP contribution in [0.5, 0.6) is 5.75 Å². The second kappa shape index (κ2) is 9.42. The second-order valence-corrected chi connectivity index (χ2v) is 8.66. The zero-order valence-electron chi connectivity index (χ0n) is 18.7. The van der Waals surface area contributed by atoms with Gasteiger partial charge in [-0.25, -0.2) is 4.98 Å². The molecule has 0 aliphatic carbocycles. The van der Waals surface area contributed by atoms with Gasteiger partial charge >= 0.3 is 0 Å². The molecule has 0 spiro atoms.